The molecule has 4 heteroatoms. The fourth-order valence-electron chi connectivity index (χ4n) is 0.903. The van der Waals surface area contributed by atoms with Crippen molar-refractivity contribution in [1.82, 2.24) is 10.6 Å². The summed E-state index contributed by atoms with van der Waals surface area (Å²) in [5, 5.41) is 7.07. The zero-order valence-electron chi connectivity index (χ0n) is 5.96. The first-order valence-electron chi connectivity index (χ1n) is 3.29. The van der Waals surface area contributed by atoms with Crippen molar-refractivity contribution in [3.8, 4) is 0 Å². The second-order valence-electron chi connectivity index (χ2n) is 2.16. The summed E-state index contributed by atoms with van der Waals surface area (Å²) in [5.41, 5.74) is 0. The van der Waals surface area contributed by atoms with Crippen molar-refractivity contribution < 1.29 is 9.53 Å². The van der Waals surface area contributed by atoms with Gasteiger partial charge in [-0.15, -0.1) is 0 Å². The number of methoxy groups -OCH3 is 1. The van der Waals surface area contributed by atoms with Gasteiger partial charge >= 0.3 is 5.97 Å². The lowest BCUT2D eigenvalue weighted by Gasteiger charge is -2.20. The minimum atomic E-state index is -0.219. The molecule has 1 rings (SSSR count). The highest BCUT2D eigenvalue weighted by Gasteiger charge is 2.20. The zero-order valence-corrected chi connectivity index (χ0v) is 5.96. The van der Waals surface area contributed by atoms with E-state index in [1.54, 1.807) is 0 Å². The SMILES string of the molecule is COC(=O)C1C[N]CCN1. The molecule has 1 atom stereocenters. The van der Waals surface area contributed by atoms with Crippen molar-refractivity contribution in [3.63, 3.8) is 0 Å². The highest BCUT2D eigenvalue weighted by Crippen LogP contribution is 1.90. The summed E-state index contributed by atoms with van der Waals surface area (Å²) in [7, 11) is 1.39. The van der Waals surface area contributed by atoms with Crippen LogP contribution in [-0.4, -0.2) is 38.8 Å². The van der Waals surface area contributed by atoms with Gasteiger partial charge in [-0.05, 0) is 0 Å². The fraction of sp³-hybridized carbons (Fsp3) is 0.833. The Morgan fingerprint density at radius 2 is 2.60 bits per heavy atom. The van der Waals surface area contributed by atoms with Crippen molar-refractivity contribution in [1.29, 1.82) is 0 Å². The lowest BCUT2D eigenvalue weighted by atomic mass is 10.2. The summed E-state index contributed by atoms with van der Waals surface area (Å²) in [6, 6.07) is -0.209. The largest absolute Gasteiger partial charge is 0.468 e. The maximum atomic E-state index is 10.8. The molecule has 0 spiro atoms. The van der Waals surface area contributed by atoms with Gasteiger partial charge < -0.3 is 10.1 Å². The van der Waals surface area contributed by atoms with Gasteiger partial charge in [-0.2, -0.15) is 0 Å². The number of hydrogen-bond donors (Lipinski definition) is 1. The summed E-state index contributed by atoms with van der Waals surface area (Å²) in [6.07, 6.45) is 0. The number of carbonyl (C=O) groups excluding carboxylic acids is 1. The quantitative estimate of drug-likeness (QED) is 0.466. The van der Waals surface area contributed by atoms with Crippen molar-refractivity contribution in [2.75, 3.05) is 26.7 Å². The Bertz CT molecular complexity index is 121. The van der Waals surface area contributed by atoms with E-state index in [1.807, 2.05) is 0 Å². The van der Waals surface area contributed by atoms with Gasteiger partial charge in [-0.1, -0.05) is 0 Å². The summed E-state index contributed by atoms with van der Waals surface area (Å²) in [5.74, 6) is -0.219. The van der Waals surface area contributed by atoms with E-state index in [-0.39, 0.29) is 12.0 Å². The molecular formula is C6H11N2O2. The standard InChI is InChI=1S/C6H11N2O2/c1-10-6(9)5-4-7-2-3-8-5/h5,8H,2-4H2,1H3. The van der Waals surface area contributed by atoms with Gasteiger partial charge in [0.05, 0.1) is 7.11 Å². The summed E-state index contributed by atoms with van der Waals surface area (Å²) in [4.78, 5) is 10.8. The van der Waals surface area contributed by atoms with Crippen LogP contribution in [0.3, 0.4) is 0 Å². The Morgan fingerprint density at radius 1 is 1.80 bits per heavy atom. The first-order chi connectivity index (χ1) is 4.84. The Labute approximate surface area is 59.9 Å². The molecule has 1 aliphatic heterocycles. The van der Waals surface area contributed by atoms with Gasteiger partial charge in [0.1, 0.15) is 6.04 Å². The number of rotatable bonds is 1. The summed E-state index contributed by atoms with van der Waals surface area (Å²) in [6.45, 7) is 2.12. The molecule has 1 heterocycles. The molecule has 1 N–H and O–H groups in total. The highest BCUT2D eigenvalue weighted by atomic mass is 16.5. The molecule has 1 unspecified atom stereocenters. The van der Waals surface area contributed by atoms with Crippen molar-refractivity contribution in [3.05, 3.63) is 0 Å². The Kier molecular flexibility index (Phi) is 2.65. The van der Waals surface area contributed by atoms with E-state index in [0.717, 1.165) is 13.1 Å². The lowest BCUT2D eigenvalue weighted by molar-refractivity contribution is -0.143. The van der Waals surface area contributed by atoms with Crippen LogP contribution in [0.15, 0.2) is 0 Å². The molecule has 1 fully saturated rings. The molecule has 0 aromatic rings. The van der Waals surface area contributed by atoms with Crippen LogP contribution < -0.4 is 10.6 Å². The van der Waals surface area contributed by atoms with Crippen molar-refractivity contribution in [2.45, 2.75) is 6.04 Å². The van der Waals surface area contributed by atoms with Crippen molar-refractivity contribution >= 4 is 5.97 Å². The number of carbonyl (C=O) groups is 1. The monoisotopic (exact) mass is 143 g/mol. The molecule has 0 aromatic carbocycles. The van der Waals surface area contributed by atoms with Crippen LogP contribution in [0, 0.1) is 0 Å². The second kappa shape index (κ2) is 3.53. The third-order valence-corrected chi connectivity index (χ3v) is 1.46. The van der Waals surface area contributed by atoms with Gasteiger partial charge in [0.2, 0.25) is 0 Å². The highest BCUT2D eigenvalue weighted by molar-refractivity contribution is 5.76. The van der Waals surface area contributed by atoms with E-state index in [9.17, 15) is 4.79 Å². The zero-order chi connectivity index (χ0) is 7.40. The molecular weight excluding hydrogens is 132 g/mol. The second-order valence-corrected chi connectivity index (χ2v) is 2.16. The minimum absolute atomic E-state index is 0.209. The summed E-state index contributed by atoms with van der Waals surface area (Å²) >= 11 is 0. The maximum Gasteiger partial charge on any atom is 0.324 e. The lowest BCUT2D eigenvalue weighted by Crippen LogP contribution is -2.50. The van der Waals surface area contributed by atoms with Crippen LogP contribution in [0.25, 0.3) is 0 Å². The Morgan fingerprint density at radius 3 is 3.10 bits per heavy atom. The van der Waals surface area contributed by atoms with E-state index in [4.69, 9.17) is 0 Å². The smallest absolute Gasteiger partial charge is 0.324 e. The van der Waals surface area contributed by atoms with Gasteiger partial charge in [0.25, 0.3) is 0 Å². The molecule has 1 radical (unpaired) electrons. The van der Waals surface area contributed by atoms with Crippen molar-refractivity contribution in [2.24, 2.45) is 0 Å². The third kappa shape index (κ3) is 1.68. The molecule has 10 heavy (non-hydrogen) atoms. The van der Waals surface area contributed by atoms with E-state index >= 15 is 0 Å². The number of nitrogens with zero attached hydrogens (tertiary/aromatic N) is 1. The van der Waals surface area contributed by atoms with E-state index in [0.29, 0.717) is 6.54 Å². The number of nitrogens with one attached hydrogen (secondary N) is 1. The maximum absolute atomic E-state index is 10.8. The van der Waals surface area contributed by atoms with Gasteiger partial charge in [-0.25, -0.2) is 5.32 Å². The first kappa shape index (κ1) is 7.50. The molecule has 0 aromatic heterocycles. The van der Waals surface area contributed by atoms with Crippen LogP contribution in [-0.2, 0) is 9.53 Å². The molecule has 1 saturated heterocycles. The van der Waals surface area contributed by atoms with E-state index in [1.165, 1.54) is 7.11 Å². The van der Waals surface area contributed by atoms with Gasteiger partial charge in [0, 0.05) is 19.6 Å². The predicted octanol–water partition coefficient (Wildman–Crippen LogP) is -1.26. The number of piperazine rings is 1. The molecule has 0 amide bonds. The van der Waals surface area contributed by atoms with Crippen LogP contribution in [0.4, 0.5) is 0 Å². The molecule has 57 valence electrons. The normalized spacial score (nSPS) is 25.9. The minimum Gasteiger partial charge on any atom is -0.468 e. The van der Waals surface area contributed by atoms with Crippen LogP contribution >= 0.6 is 0 Å². The van der Waals surface area contributed by atoms with E-state index in [2.05, 4.69) is 15.4 Å². The molecule has 0 aliphatic carbocycles. The number of hydrogen-bond acceptors (Lipinski definition) is 3. The average Bonchev–Trinajstić information content (AvgIpc) is 2.05. The van der Waals surface area contributed by atoms with Gasteiger partial charge in [0.15, 0.2) is 0 Å². The number of esters is 1. The average molecular weight is 143 g/mol. The molecule has 0 bridgehead atoms. The summed E-state index contributed by atoms with van der Waals surface area (Å²) < 4.78 is 4.53. The fourth-order valence-corrected chi connectivity index (χ4v) is 0.903. The van der Waals surface area contributed by atoms with Gasteiger partial charge in [-0.3, -0.25) is 4.79 Å². The first-order valence-corrected chi connectivity index (χ1v) is 3.29. The molecule has 4 nitrogen and oxygen atoms in total. The number of ether oxygens (including phenoxy) is 1. The Balaban J connectivity index is 2.31. The topological polar surface area (TPSA) is 52.4 Å². The van der Waals surface area contributed by atoms with Crippen LogP contribution in [0.5, 0.6) is 0 Å². The van der Waals surface area contributed by atoms with Crippen LogP contribution in [0.2, 0.25) is 0 Å². The third-order valence-electron chi connectivity index (χ3n) is 1.46. The van der Waals surface area contributed by atoms with Crippen LogP contribution in [0.1, 0.15) is 0 Å². The predicted molar refractivity (Wildman–Crippen MR) is 35.7 cm³/mol. The Hall–Kier alpha value is -0.610. The molecule has 0 saturated carbocycles. The molecule has 1 aliphatic rings. The van der Waals surface area contributed by atoms with E-state index < -0.39 is 0 Å².